The number of furan rings is 2. The van der Waals surface area contributed by atoms with Crippen molar-refractivity contribution in [3.05, 3.63) is 235 Å². The molecule has 0 atom stereocenters. The van der Waals surface area contributed by atoms with E-state index < -0.39 is 5.41 Å². The molecule has 3 aromatic heterocycles. The highest BCUT2D eigenvalue weighted by molar-refractivity contribution is 6.17. The van der Waals surface area contributed by atoms with Crippen molar-refractivity contribution in [1.29, 1.82) is 0 Å². The Morgan fingerprint density at radius 2 is 0.794 bits per heavy atom. The van der Waals surface area contributed by atoms with Gasteiger partial charge in [-0.2, -0.15) is 0 Å². The maximum absolute atomic E-state index is 6.58. The van der Waals surface area contributed by atoms with Gasteiger partial charge >= 0.3 is 0 Å². The number of benzene rings is 9. The smallest absolute Gasteiger partial charge is 0.164 e. The summed E-state index contributed by atoms with van der Waals surface area (Å²) in [7, 11) is 0. The van der Waals surface area contributed by atoms with Gasteiger partial charge in [0.2, 0.25) is 0 Å². The van der Waals surface area contributed by atoms with Crippen molar-refractivity contribution < 1.29 is 8.83 Å². The fourth-order valence-corrected chi connectivity index (χ4v) is 10.1. The number of nitrogens with zero attached hydrogens (tertiary/aromatic N) is 3. The van der Waals surface area contributed by atoms with E-state index in [0.717, 1.165) is 77.3 Å². The SMILES string of the molecule is c1ccc(-c2cccc3oc4cccc(-c5nc(-c6cccc(C7(c8ccccc8)c8ccccc8-c8ccccc87)c6)nc(-c6ccc7c(c6)oc6ccccc67)n5)c4c23)cc1. The lowest BCUT2D eigenvalue weighted by Crippen LogP contribution is -2.28. The van der Waals surface area contributed by atoms with Crippen LogP contribution in [0.4, 0.5) is 0 Å². The predicted molar refractivity (Wildman–Crippen MR) is 253 cm³/mol. The standard InChI is InChI=1S/C58H35N3O2/c1-3-16-36(17-4-1)41-25-14-30-50-53(41)54-46(26-15-31-51(54)63-50)57-60-55(59-56(61-57)38-32-33-45-44-24-9-12-29-49(44)62-52(45)35-38)37-18-13-21-40(34-37)58(39-19-5-2-6-20-39)47-27-10-7-22-42(47)43-23-8-11-28-48(43)58/h1-35H. The molecular formula is C58H35N3O2. The van der Waals surface area contributed by atoms with Crippen LogP contribution in [0, 0.1) is 0 Å². The molecule has 0 fully saturated rings. The van der Waals surface area contributed by atoms with Gasteiger partial charge in [-0.05, 0) is 80.9 Å². The summed E-state index contributed by atoms with van der Waals surface area (Å²) in [6.45, 7) is 0. The molecular weight excluding hydrogens is 771 g/mol. The van der Waals surface area contributed by atoms with Crippen molar-refractivity contribution in [3.63, 3.8) is 0 Å². The van der Waals surface area contributed by atoms with Crippen LogP contribution in [0.3, 0.4) is 0 Å². The Labute approximate surface area is 362 Å². The van der Waals surface area contributed by atoms with Crippen LogP contribution < -0.4 is 0 Å². The fourth-order valence-electron chi connectivity index (χ4n) is 10.1. The minimum Gasteiger partial charge on any atom is -0.456 e. The van der Waals surface area contributed by atoms with Crippen LogP contribution in [0.1, 0.15) is 22.3 Å². The molecule has 0 bridgehead atoms. The molecule has 63 heavy (non-hydrogen) atoms. The summed E-state index contributed by atoms with van der Waals surface area (Å²) < 4.78 is 13.0. The van der Waals surface area contributed by atoms with Gasteiger partial charge in [0.1, 0.15) is 22.3 Å². The molecule has 5 nitrogen and oxygen atoms in total. The predicted octanol–water partition coefficient (Wildman–Crippen LogP) is 14.7. The molecule has 3 heterocycles. The van der Waals surface area contributed by atoms with Gasteiger partial charge in [0, 0.05) is 38.2 Å². The molecule has 0 aliphatic heterocycles. The van der Waals surface area contributed by atoms with Crippen molar-refractivity contribution in [3.8, 4) is 56.4 Å². The Morgan fingerprint density at radius 1 is 0.302 bits per heavy atom. The first kappa shape index (κ1) is 35.4. The van der Waals surface area contributed by atoms with Gasteiger partial charge in [-0.15, -0.1) is 0 Å². The zero-order chi connectivity index (χ0) is 41.5. The lowest BCUT2D eigenvalue weighted by atomic mass is 9.67. The normalized spacial score (nSPS) is 12.9. The van der Waals surface area contributed by atoms with Gasteiger partial charge < -0.3 is 8.83 Å². The van der Waals surface area contributed by atoms with Gasteiger partial charge in [-0.25, -0.2) is 15.0 Å². The van der Waals surface area contributed by atoms with E-state index in [1.54, 1.807) is 0 Å². The molecule has 0 unspecified atom stereocenters. The summed E-state index contributed by atoms with van der Waals surface area (Å²) in [6, 6.07) is 74.5. The molecule has 12 aromatic rings. The average Bonchev–Trinajstić information content (AvgIpc) is 4.03. The maximum atomic E-state index is 6.58. The number of rotatable bonds is 6. The van der Waals surface area contributed by atoms with Crippen molar-refractivity contribution in [2.24, 2.45) is 0 Å². The molecule has 1 aliphatic rings. The molecule has 294 valence electrons. The van der Waals surface area contributed by atoms with Crippen LogP contribution >= 0.6 is 0 Å². The summed E-state index contributed by atoms with van der Waals surface area (Å²) >= 11 is 0. The first-order valence-corrected chi connectivity index (χ1v) is 21.3. The molecule has 0 saturated heterocycles. The summed E-state index contributed by atoms with van der Waals surface area (Å²) in [5, 5.41) is 4.09. The van der Waals surface area contributed by atoms with E-state index in [9.17, 15) is 0 Å². The van der Waals surface area contributed by atoms with Crippen molar-refractivity contribution in [1.82, 2.24) is 15.0 Å². The van der Waals surface area contributed by atoms with Gasteiger partial charge in [0.25, 0.3) is 0 Å². The molecule has 0 radical (unpaired) electrons. The van der Waals surface area contributed by atoms with Gasteiger partial charge in [0.05, 0.1) is 5.41 Å². The third kappa shape index (κ3) is 5.33. The third-order valence-electron chi connectivity index (χ3n) is 12.8. The highest BCUT2D eigenvalue weighted by Crippen LogP contribution is 2.56. The van der Waals surface area contributed by atoms with E-state index in [2.05, 4.69) is 164 Å². The Bertz CT molecular complexity index is 3710. The summed E-state index contributed by atoms with van der Waals surface area (Å²) in [5.74, 6) is 1.66. The zero-order valence-electron chi connectivity index (χ0n) is 33.9. The highest BCUT2D eigenvalue weighted by atomic mass is 16.3. The van der Waals surface area contributed by atoms with E-state index >= 15 is 0 Å². The second-order valence-electron chi connectivity index (χ2n) is 16.2. The Kier molecular flexibility index (Phi) is 7.75. The quantitative estimate of drug-likeness (QED) is 0.167. The van der Waals surface area contributed by atoms with Gasteiger partial charge in [-0.3, -0.25) is 0 Å². The van der Waals surface area contributed by atoms with E-state index in [4.69, 9.17) is 23.8 Å². The molecule has 9 aromatic carbocycles. The Hall–Kier alpha value is -8.41. The zero-order valence-corrected chi connectivity index (χ0v) is 33.9. The molecule has 0 spiro atoms. The Balaban J connectivity index is 1.07. The van der Waals surface area contributed by atoms with Crippen molar-refractivity contribution in [2.75, 3.05) is 0 Å². The topological polar surface area (TPSA) is 65.0 Å². The van der Waals surface area contributed by atoms with Crippen LogP contribution in [0.15, 0.2) is 221 Å². The number of aromatic nitrogens is 3. The molecule has 0 saturated carbocycles. The van der Waals surface area contributed by atoms with Crippen molar-refractivity contribution in [2.45, 2.75) is 5.41 Å². The first-order valence-electron chi connectivity index (χ1n) is 21.3. The molecule has 0 N–H and O–H groups in total. The third-order valence-corrected chi connectivity index (χ3v) is 12.8. The number of hydrogen-bond donors (Lipinski definition) is 0. The van der Waals surface area contributed by atoms with E-state index in [1.165, 1.54) is 27.8 Å². The first-order chi connectivity index (χ1) is 31.2. The second kappa shape index (κ2) is 13.8. The number of fused-ring (bicyclic) bond motifs is 9. The molecule has 5 heteroatoms. The minimum atomic E-state index is -0.579. The van der Waals surface area contributed by atoms with E-state index in [1.807, 2.05) is 48.5 Å². The van der Waals surface area contributed by atoms with Crippen LogP contribution in [-0.4, -0.2) is 15.0 Å². The Morgan fingerprint density at radius 3 is 1.54 bits per heavy atom. The lowest BCUT2D eigenvalue weighted by molar-refractivity contribution is 0.668. The average molecular weight is 806 g/mol. The van der Waals surface area contributed by atoms with Gasteiger partial charge in [0.15, 0.2) is 17.5 Å². The molecule has 1 aliphatic carbocycles. The van der Waals surface area contributed by atoms with E-state index in [-0.39, 0.29) is 0 Å². The van der Waals surface area contributed by atoms with Crippen LogP contribution in [0.2, 0.25) is 0 Å². The number of hydrogen-bond acceptors (Lipinski definition) is 5. The molecule has 13 rings (SSSR count). The summed E-state index contributed by atoms with van der Waals surface area (Å²) in [6.07, 6.45) is 0. The minimum absolute atomic E-state index is 0.546. The van der Waals surface area contributed by atoms with Crippen LogP contribution in [0.25, 0.3) is 100 Å². The van der Waals surface area contributed by atoms with Crippen molar-refractivity contribution >= 4 is 43.9 Å². The van der Waals surface area contributed by atoms with Gasteiger partial charge in [-0.1, -0.05) is 176 Å². The van der Waals surface area contributed by atoms with Crippen LogP contribution in [0.5, 0.6) is 0 Å². The molecule has 0 amide bonds. The number of para-hydroxylation sites is 1. The van der Waals surface area contributed by atoms with Crippen LogP contribution in [-0.2, 0) is 5.41 Å². The summed E-state index contributed by atoms with van der Waals surface area (Å²) in [4.78, 5) is 16.0. The fraction of sp³-hybridized carbons (Fsp3) is 0.0172. The maximum Gasteiger partial charge on any atom is 0.164 e. The summed E-state index contributed by atoms with van der Waals surface area (Å²) in [5.41, 5.74) is 14.7. The highest BCUT2D eigenvalue weighted by Gasteiger charge is 2.46. The monoisotopic (exact) mass is 805 g/mol. The second-order valence-corrected chi connectivity index (χ2v) is 16.2. The lowest BCUT2D eigenvalue weighted by Gasteiger charge is -2.34. The van der Waals surface area contributed by atoms with E-state index in [0.29, 0.717) is 17.5 Å². The largest absolute Gasteiger partial charge is 0.456 e.